The van der Waals surface area contributed by atoms with Crippen LogP contribution in [-0.2, 0) is 6.42 Å². The zero-order valence-electron chi connectivity index (χ0n) is 16.7. The molecule has 8 heteroatoms. The minimum Gasteiger partial charge on any atom is -0.365 e. The molecule has 6 nitrogen and oxygen atoms in total. The fourth-order valence-corrected chi connectivity index (χ4v) is 6.03. The molecule has 1 aromatic carbocycles. The molecule has 156 valence electrons. The van der Waals surface area contributed by atoms with E-state index in [1.807, 2.05) is 40.6 Å². The summed E-state index contributed by atoms with van der Waals surface area (Å²) < 4.78 is 0. The van der Waals surface area contributed by atoms with Crippen LogP contribution in [0.1, 0.15) is 48.6 Å². The number of aromatic nitrogens is 2. The average Bonchev–Trinajstić information content (AvgIpc) is 3.52. The van der Waals surface area contributed by atoms with Crippen LogP contribution in [0.25, 0.3) is 10.2 Å². The van der Waals surface area contributed by atoms with Crippen molar-refractivity contribution in [2.45, 2.75) is 18.8 Å². The molecule has 3 aromatic heterocycles. The molecule has 2 amide bonds. The van der Waals surface area contributed by atoms with Gasteiger partial charge >= 0.3 is 0 Å². The number of fused-ring (bicyclic) bond motifs is 1. The number of pyridine rings is 1. The van der Waals surface area contributed by atoms with Crippen LogP contribution in [0.2, 0.25) is 0 Å². The maximum atomic E-state index is 13.1. The summed E-state index contributed by atoms with van der Waals surface area (Å²) in [5.41, 5.74) is 8.25. The van der Waals surface area contributed by atoms with Gasteiger partial charge in [0.1, 0.15) is 10.5 Å². The van der Waals surface area contributed by atoms with Crippen molar-refractivity contribution in [3.8, 4) is 0 Å². The number of rotatable bonds is 5. The van der Waals surface area contributed by atoms with E-state index >= 15 is 0 Å². The summed E-state index contributed by atoms with van der Waals surface area (Å²) in [6.07, 6.45) is 3.22. The highest BCUT2D eigenvalue weighted by atomic mass is 32.1. The fraction of sp³-hybridized carbons (Fsp3) is 0.217. The number of primary amides is 1. The van der Waals surface area contributed by atoms with Crippen LogP contribution in [0.3, 0.4) is 0 Å². The molecule has 5 rings (SSSR count). The molecule has 0 bridgehead atoms. The highest BCUT2D eigenvalue weighted by Gasteiger charge is 2.33. The average molecular weight is 449 g/mol. The maximum Gasteiger partial charge on any atom is 0.273 e. The third kappa shape index (κ3) is 3.84. The van der Waals surface area contributed by atoms with Crippen molar-refractivity contribution in [1.82, 2.24) is 14.9 Å². The lowest BCUT2D eigenvalue weighted by atomic mass is 9.95. The highest BCUT2D eigenvalue weighted by molar-refractivity contribution is 7.20. The van der Waals surface area contributed by atoms with Gasteiger partial charge in [0.2, 0.25) is 0 Å². The third-order valence-electron chi connectivity index (χ3n) is 5.58. The second-order valence-corrected chi connectivity index (χ2v) is 9.53. The van der Waals surface area contributed by atoms with E-state index in [4.69, 9.17) is 5.73 Å². The molecule has 1 saturated heterocycles. The van der Waals surface area contributed by atoms with Crippen LogP contribution in [0.5, 0.6) is 0 Å². The van der Waals surface area contributed by atoms with E-state index in [0.29, 0.717) is 23.7 Å². The Kier molecular flexibility index (Phi) is 5.25. The van der Waals surface area contributed by atoms with Crippen molar-refractivity contribution in [3.63, 3.8) is 0 Å². The van der Waals surface area contributed by atoms with E-state index in [1.165, 1.54) is 28.2 Å². The van der Waals surface area contributed by atoms with Gasteiger partial charge in [0.15, 0.2) is 0 Å². The number of hydrogen-bond acceptors (Lipinski definition) is 6. The van der Waals surface area contributed by atoms with Gasteiger partial charge in [0.05, 0.1) is 9.88 Å². The number of thiophene rings is 1. The first-order valence-corrected chi connectivity index (χ1v) is 11.7. The summed E-state index contributed by atoms with van der Waals surface area (Å²) >= 11 is 2.84. The van der Waals surface area contributed by atoms with Crippen LogP contribution in [0, 0.1) is 0 Å². The van der Waals surface area contributed by atoms with Crippen LogP contribution in [0.15, 0.2) is 54.0 Å². The van der Waals surface area contributed by atoms with Crippen LogP contribution in [-0.4, -0.2) is 39.8 Å². The van der Waals surface area contributed by atoms with Crippen molar-refractivity contribution in [2.75, 3.05) is 13.1 Å². The van der Waals surface area contributed by atoms with E-state index in [1.54, 1.807) is 6.20 Å². The Labute approximate surface area is 187 Å². The molecule has 0 radical (unpaired) electrons. The molecule has 1 fully saturated rings. The molecule has 0 aliphatic carbocycles. The van der Waals surface area contributed by atoms with Gasteiger partial charge < -0.3 is 10.6 Å². The first-order valence-electron chi connectivity index (χ1n) is 10.0. The molecule has 4 aromatic rings. The monoisotopic (exact) mass is 448 g/mol. The second-order valence-electron chi connectivity index (χ2n) is 7.59. The number of nitrogens with two attached hydrogens (primary N) is 1. The molecular weight excluding hydrogens is 428 g/mol. The maximum absolute atomic E-state index is 13.1. The summed E-state index contributed by atoms with van der Waals surface area (Å²) in [7, 11) is 0. The molecule has 1 aliphatic rings. The fourth-order valence-electron chi connectivity index (χ4n) is 4.14. The summed E-state index contributed by atoms with van der Waals surface area (Å²) in [6, 6.07) is 14.0. The summed E-state index contributed by atoms with van der Waals surface area (Å²) in [6.45, 7) is 1.18. The number of hydrogen-bond donors (Lipinski definition) is 1. The van der Waals surface area contributed by atoms with Crippen LogP contribution >= 0.6 is 22.7 Å². The van der Waals surface area contributed by atoms with Gasteiger partial charge in [0, 0.05) is 42.4 Å². The lowest BCUT2D eigenvalue weighted by molar-refractivity contribution is 0.0785. The third-order valence-corrected chi connectivity index (χ3v) is 7.57. The van der Waals surface area contributed by atoms with E-state index in [9.17, 15) is 9.59 Å². The Balaban J connectivity index is 1.35. The lowest BCUT2D eigenvalue weighted by Crippen LogP contribution is -2.29. The summed E-state index contributed by atoms with van der Waals surface area (Å²) in [5, 5.41) is 3.72. The smallest absolute Gasteiger partial charge is 0.273 e. The SMILES string of the molecule is NC(=O)c1sc2ncccc2c1C1CCN(C(=O)c2csc(Cc3ccccc3)n2)C1. The number of likely N-dealkylation sites (tertiary alicyclic amines) is 1. The van der Waals surface area contributed by atoms with Crippen LogP contribution < -0.4 is 5.73 Å². The van der Waals surface area contributed by atoms with Gasteiger partial charge in [-0.3, -0.25) is 9.59 Å². The van der Waals surface area contributed by atoms with E-state index in [-0.39, 0.29) is 11.8 Å². The van der Waals surface area contributed by atoms with Crippen molar-refractivity contribution in [2.24, 2.45) is 5.73 Å². The standard InChI is InChI=1S/C23H20N4O2S2/c24-21(28)20-19(16-7-4-9-25-22(16)31-20)15-8-10-27(12-15)23(29)17-13-30-18(26-17)11-14-5-2-1-3-6-14/h1-7,9,13,15H,8,10-12H2,(H2,24,28). The van der Waals surface area contributed by atoms with Gasteiger partial charge in [0.25, 0.3) is 11.8 Å². The Morgan fingerprint density at radius 3 is 2.81 bits per heavy atom. The Morgan fingerprint density at radius 2 is 2.00 bits per heavy atom. The predicted octanol–water partition coefficient (Wildman–Crippen LogP) is 4.07. The number of benzene rings is 1. The molecule has 2 N–H and O–H groups in total. The first kappa shape index (κ1) is 19.8. The molecule has 1 aliphatic heterocycles. The van der Waals surface area contributed by atoms with Gasteiger partial charge in [-0.05, 0) is 23.6 Å². The zero-order chi connectivity index (χ0) is 21.4. The highest BCUT2D eigenvalue weighted by Crippen LogP contribution is 2.39. The Bertz CT molecular complexity index is 1270. The van der Waals surface area contributed by atoms with Crippen LogP contribution in [0.4, 0.5) is 0 Å². The Hall–Kier alpha value is -3.10. The van der Waals surface area contributed by atoms with Crippen molar-refractivity contribution in [1.29, 1.82) is 0 Å². The predicted molar refractivity (Wildman–Crippen MR) is 123 cm³/mol. The minimum atomic E-state index is -0.437. The molecule has 0 saturated carbocycles. The molecule has 31 heavy (non-hydrogen) atoms. The number of carbonyl (C=O) groups is 2. The molecule has 4 heterocycles. The quantitative estimate of drug-likeness (QED) is 0.498. The zero-order valence-corrected chi connectivity index (χ0v) is 18.3. The summed E-state index contributed by atoms with van der Waals surface area (Å²) in [4.78, 5) is 37.3. The summed E-state index contributed by atoms with van der Waals surface area (Å²) in [5.74, 6) is -0.434. The molecule has 1 atom stereocenters. The number of nitrogens with zero attached hydrogens (tertiary/aromatic N) is 3. The Morgan fingerprint density at radius 1 is 1.16 bits per heavy atom. The van der Waals surface area contributed by atoms with Gasteiger partial charge in [-0.25, -0.2) is 9.97 Å². The van der Waals surface area contributed by atoms with Gasteiger partial charge in [-0.1, -0.05) is 36.4 Å². The number of carbonyl (C=O) groups excluding carboxylic acids is 2. The molecule has 0 spiro atoms. The number of amides is 2. The van der Waals surface area contributed by atoms with E-state index in [0.717, 1.165) is 33.6 Å². The molecular formula is C23H20N4O2S2. The lowest BCUT2D eigenvalue weighted by Gasteiger charge is -2.15. The van der Waals surface area contributed by atoms with Crippen molar-refractivity contribution >= 4 is 44.7 Å². The topological polar surface area (TPSA) is 89.2 Å². The first-order chi connectivity index (χ1) is 15.1. The van der Waals surface area contributed by atoms with Gasteiger partial charge in [-0.15, -0.1) is 22.7 Å². The van der Waals surface area contributed by atoms with Crippen molar-refractivity contribution in [3.05, 3.63) is 80.7 Å². The van der Waals surface area contributed by atoms with E-state index < -0.39 is 5.91 Å². The largest absolute Gasteiger partial charge is 0.365 e. The number of thiazole rings is 1. The molecule has 1 unspecified atom stereocenters. The normalized spacial score (nSPS) is 16.1. The second kappa shape index (κ2) is 8.20. The van der Waals surface area contributed by atoms with E-state index in [2.05, 4.69) is 22.1 Å². The van der Waals surface area contributed by atoms with Gasteiger partial charge in [-0.2, -0.15) is 0 Å². The minimum absolute atomic E-state index is 0.0589. The van der Waals surface area contributed by atoms with Crippen molar-refractivity contribution < 1.29 is 9.59 Å².